The van der Waals surface area contributed by atoms with E-state index in [1.165, 1.54) is 0 Å². The van der Waals surface area contributed by atoms with Crippen LogP contribution in [0.3, 0.4) is 0 Å². The molecule has 0 aliphatic carbocycles. The molecule has 1 aromatic rings. The Morgan fingerprint density at radius 3 is 2.40 bits per heavy atom. The lowest BCUT2D eigenvalue weighted by atomic mass is 10.1. The summed E-state index contributed by atoms with van der Waals surface area (Å²) >= 11 is 0. The maximum atomic E-state index is 11.1. The van der Waals surface area contributed by atoms with Gasteiger partial charge < -0.3 is 10.8 Å². The normalized spacial score (nSPS) is 15.8. The van der Waals surface area contributed by atoms with Crippen LogP contribution in [0.4, 0.5) is 0 Å². The first kappa shape index (κ1) is 12.3. The monoisotopic (exact) mass is 228 g/mol. The highest BCUT2D eigenvalue weighted by atomic mass is 31.1. The molecule has 0 saturated carbocycles. The van der Waals surface area contributed by atoms with E-state index in [0.717, 1.165) is 5.56 Å². The van der Waals surface area contributed by atoms with Crippen molar-refractivity contribution in [2.75, 3.05) is 6.54 Å². The van der Waals surface area contributed by atoms with Crippen LogP contribution in [-0.2, 0) is 4.57 Å². The molecule has 1 aromatic carbocycles. The summed E-state index contributed by atoms with van der Waals surface area (Å²) in [7, 11) is -2.34. The quantitative estimate of drug-likeness (QED) is 0.660. The second-order valence-electron chi connectivity index (χ2n) is 3.35. The van der Waals surface area contributed by atoms with E-state index in [-0.39, 0.29) is 13.0 Å². The number of benzene rings is 1. The van der Waals surface area contributed by atoms with Crippen molar-refractivity contribution in [1.29, 1.82) is 0 Å². The molecule has 82 valence electrons. The third-order valence-corrected chi connectivity index (χ3v) is 3.26. The molecule has 0 aliphatic rings. The van der Waals surface area contributed by atoms with Crippen LogP contribution in [0.1, 0.15) is 17.6 Å². The van der Waals surface area contributed by atoms with Gasteiger partial charge in [-0.1, -0.05) is 30.3 Å². The smallest absolute Gasteiger partial charge is 0.392 e. The molecule has 0 aromatic heterocycles. The number of rotatable bonds is 5. The van der Waals surface area contributed by atoms with E-state index < -0.39 is 19.8 Å². The van der Waals surface area contributed by atoms with Gasteiger partial charge in [0.25, 0.3) is 0 Å². The summed E-state index contributed by atoms with van der Waals surface area (Å²) in [6.07, 6.45) is -0.520. The second-order valence-corrected chi connectivity index (χ2v) is 4.58. The molecule has 0 spiro atoms. The largest absolute Gasteiger partial charge is 0.513 e. The van der Waals surface area contributed by atoms with Gasteiger partial charge in [-0.25, -0.2) is 0 Å². The van der Waals surface area contributed by atoms with Gasteiger partial charge in [0.1, 0.15) is 0 Å². The lowest BCUT2D eigenvalue weighted by Gasteiger charge is -2.09. The summed E-state index contributed by atoms with van der Waals surface area (Å²) in [5.74, 6) is 0. The van der Waals surface area contributed by atoms with Crippen LogP contribution in [0.15, 0.2) is 30.3 Å². The van der Waals surface area contributed by atoms with Crippen molar-refractivity contribution in [2.45, 2.75) is 18.2 Å². The van der Waals surface area contributed by atoms with Crippen LogP contribution >= 0.6 is 8.03 Å². The molecule has 3 atom stereocenters. The van der Waals surface area contributed by atoms with Gasteiger partial charge in [0.15, 0.2) is 0 Å². The maximum Gasteiger partial charge on any atom is 0.513 e. The number of aliphatic hydroxyl groups excluding tert-OH is 1. The number of aliphatic hydroxyl groups is 1. The molecule has 0 fully saturated rings. The maximum absolute atomic E-state index is 11.1. The highest BCUT2D eigenvalue weighted by Gasteiger charge is 2.32. The average Bonchev–Trinajstić information content (AvgIpc) is 2.26. The van der Waals surface area contributed by atoms with Crippen LogP contribution in [0.25, 0.3) is 0 Å². The molecule has 0 aliphatic heterocycles. The van der Waals surface area contributed by atoms with E-state index in [9.17, 15) is 9.67 Å². The first-order valence-corrected chi connectivity index (χ1v) is 6.01. The Morgan fingerprint density at radius 1 is 1.33 bits per heavy atom. The Kier molecular flexibility index (Phi) is 4.85. The van der Waals surface area contributed by atoms with Gasteiger partial charge >= 0.3 is 8.03 Å². The lowest BCUT2D eigenvalue weighted by Crippen LogP contribution is -2.21. The number of nitrogens with two attached hydrogens (primary N) is 1. The average molecular weight is 228 g/mol. The Hall–Kier alpha value is -0.800. The molecule has 0 amide bonds. The number of hydrogen-bond donors (Lipinski definition) is 3. The Bertz CT molecular complexity index is 318. The molecular weight excluding hydrogens is 213 g/mol. The van der Waals surface area contributed by atoms with Crippen LogP contribution in [-0.4, -0.2) is 22.6 Å². The van der Waals surface area contributed by atoms with Crippen molar-refractivity contribution in [2.24, 2.45) is 5.73 Å². The zero-order valence-corrected chi connectivity index (χ0v) is 9.18. The minimum atomic E-state index is -2.34. The molecule has 4 N–H and O–H groups in total. The van der Waals surface area contributed by atoms with Gasteiger partial charge in [-0.05, 0) is 4.57 Å². The van der Waals surface area contributed by atoms with Gasteiger partial charge in [-0.3, -0.25) is 0 Å². The van der Waals surface area contributed by atoms with Crippen LogP contribution in [0.5, 0.6) is 0 Å². The van der Waals surface area contributed by atoms with Gasteiger partial charge in [-0.2, -0.15) is 4.89 Å². The Morgan fingerprint density at radius 2 is 1.93 bits per heavy atom. The standard InChI is InChI=1S/C10H14NO3P/c11-7-9(12)6-10(15(13)14)8-4-2-1-3-5-8/h1-5,9-10,12H,6-7,11H2/p+1/t9-,10?/m1/s1. The van der Waals surface area contributed by atoms with Gasteiger partial charge in [0, 0.05) is 18.5 Å². The zero-order chi connectivity index (χ0) is 11.3. The SMILES string of the molecule is NC[C@H](O)CC(c1ccccc1)[P+](=O)O. The highest BCUT2D eigenvalue weighted by Crippen LogP contribution is 2.40. The molecule has 2 unspecified atom stereocenters. The summed E-state index contributed by atoms with van der Waals surface area (Å²) in [6, 6.07) is 8.99. The fourth-order valence-electron chi connectivity index (χ4n) is 1.38. The topological polar surface area (TPSA) is 83.5 Å². The van der Waals surface area contributed by atoms with Crippen molar-refractivity contribution in [3.63, 3.8) is 0 Å². The third kappa shape index (κ3) is 3.68. The molecule has 4 nitrogen and oxygen atoms in total. The van der Waals surface area contributed by atoms with Gasteiger partial charge in [-0.15, -0.1) is 0 Å². The van der Waals surface area contributed by atoms with E-state index >= 15 is 0 Å². The fourth-order valence-corrected chi connectivity index (χ4v) is 2.23. The van der Waals surface area contributed by atoms with E-state index in [1.807, 2.05) is 6.07 Å². The minimum Gasteiger partial charge on any atom is -0.392 e. The summed E-state index contributed by atoms with van der Waals surface area (Å²) < 4.78 is 11.1. The zero-order valence-electron chi connectivity index (χ0n) is 8.28. The predicted molar refractivity (Wildman–Crippen MR) is 58.7 cm³/mol. The lowest BCUT2D eigenvalue weighted by molar-refractivity contribution is 0.170. The van der Waals surface area contributed by atoms with Crippen molar-refractivity contribution in [1.82, 2.24) is 0 Å². The van der Waals surface area contributed by atoms with Crippen LogP contribution < -0.4 is 5.73 Å². The summed E-state index contributed by atoms with van der Waals surface area (Å²) in [5, 5.41) is 9.37. The van der Waals surface area contributed by atoms with Crippen molar-refractivity contribution >= 4 is 8.03 Å². The Balaban J connectivity index is 2.80. The minimum absolute atomic E-state index is 0.104. The molecule has 1 rings (SSSR count). The van der Waals surface area contributed by atoms with E-state index in [4.69, 9.17) is 10.6 Å². The van der Waals surface area contributed by atoms with E-state index in [2.05, 4.69) is 0 Å². The third-order valence-electron chi connectivity index (χ3n) is 2.22. The number of hydrogen-bond acceptors (Lipinski definition) is 3. The van der Waals surface area contributed by atoms with Crippen molar-refractivity contribution in [3.05, 3.63) is 35.9 Å². The van der Waals surface area contributed by atoms with Gasteiger partial charge in [0.05, 0.1) is 6.10 Å². The molecule has 0 heterocycles. The van der Waals surface area contributed by atoms with Crippen LogP contribution in [0.2, 0.25) is 0 Å². The van der Waals surface area contributed by atoms with E-state index in [1.54, 1.807) is 24.3 Å². The van der Waals surface area contributed by atoms with Crippen molar-refractivity contribution < 1.29 is 14.6 Å². The second kappa shape index (κ2) is 5.93. The summed E-state index contributed by atoms with van der Waals surface area (Å²) in [4.78, 5) is 9.17. The predicted octanol–water partition coefficient (Wildman–Crippen LogP) is 1.17. The summed E-state index contributed by atoms with van der Waals surface area (Å²) in [6.45, 7) is 0.104. The molecule has 0 radical (unpaired) electrons. The molecule has 0 saturated heterocycles. The van der Waals surface area contributed by atoms with Crippen molar-refractivity contribution in [3.8, 4) is 0 Å². The summed E-state index contributed by atoms with van der Waals surface area (Å²) in [5.41, 5.74) is 5.49. The molecule has 0 bridgehead atoms. The Labute approximate surface area is 89.6 Å². The first-order valence-electron chi connectivity index (χ1n) is 4.73. The molecule has 15 heavy (non-hydrogen) atoms. The van der Waals surface area contributed by atoms with Gasteiger partial charge in [0.2, 0.25) is 5.66 Å². The fraction of sp³-hybridized carbons (Fsp3) is 0.400. The first-order chi connectivity index (χ1) is 7.15. The van der Waals surface area contributed by atoms with E-state index in [0.29, 0.717) is 0 Å². The highest BCUT2D eigenvalue weighted by molar-refractivity contribution is 7.38. The van der Waals surface area contributed by atoms with Crippen LogP contribution in [0, 0.1) is 0 Å². The molecular formula is C10H15NO3P+. The molecule has 5 heteroatoms.